The Kier molecular flexibility index (Phi) is 6.82. The third-order valence-electron chi connectivity index (χ3n) is 11.8. The van der Waals surface area contributed by atoms with Crippen molar-refractivity contribution < 1.29 is 4.42 Å². The maximum Gasteiger partial charge on any atom is 0.167 e. The van der Waals surface area contributed by atoms with Crippen molar-refractivity contribution in [3.8, 4) is 39.9 Å². The number of hydrogen-bond donors (Lipinski definition) is 0. The van der Waals surface area contributed by atoms with Crippen LogP contribution in [0.3, 0.4) is 0 Å². The molecule has 0 amide bonds. The molecule has 0 spiro atoms. The van der Waals surface area contributed by atoms with Crippen LogP contribution in [0, 0.1) is 0 Å². The van der Waals surface area contributed by atoms with Crippen molar-refractivity contribution in [2.75, 3.05) is 0 Å². The van der Waals surface area contributed by atoms with Crippen LogP contribution >= 0.6 is 11.3 Å². The van der Waals surface area contributed by atoms with E-state index in [2.05, 4.69) is 174 Å². The lowest BCUT2D eigenvalue weighted by molar-refractivity contribution is 0.669. The Morgan fingerprint density at radius 2 is 1.07 bits per heavy atom. The lowest BCUT2D eigenvalue weighted by atomic mass is 10.0. The van der Waals surface area contributed by atoms with Crippen LogP contribution in [0.25, 0.3) is 125 Å². The zero-order chi connectivity index (χ0) is 38.6. The monoisotopic (exact) mass is 770 g/mol. The van der Waals surface area contributed by atoms with Gasteiger partial charge in [0.25, 0.3) is 0 Å². The van der Waals surface area contributed by atoms with Crippen molar-refractivity contribution in [2.24, 2.45) is 0 Å². The number of nitrogens with zero attached hydrogens (tertiary/aromatic N) is 4. The van der Waals surface area contributed by atoms with E-state index in [-0.39, 0.29) is 0 Å². The highest BCUT2D eigenvalue weighted by molar-refractivity contribution is 7.26. The first kappa shape index (κ1) is 32.4. The van der Waals surface area contributed by atoms with Gasteiger partial charge in [-0.2, -0.15) is 0 Å². The van der Waals surface area contributed by atoms with Gasteiger partial charge >= 0.3 is 0 Å². The average molecular weight is 771 g/mol. The van der Waals surface area contributed by atoms with Gasteiger partial charge in [0.2, 0.25) is 0 Å². The van der Waals surface area contributed by atoms with Gasteiger partial charge in [0.05, 0.1) is 16.6 Å². The summed E-state index contributed by atoms with van der Waals surface area (Å²) in [6, 6.07) is 64.5. The first-order valence-electron chi connectivity index (χ1n) is 19.8. The predicted molar refractivity (Wildman–Crippen MR) is 246 cm³/mol. The Labute approximate surface area is 341 Å². The highest BCUT2D eigenvalue weighted by Gasteiger charge is 2.23. The van der Waals surface area contributed by atoms with Gasteiger partial charge in [0.15, 0.2) is 17.5 Å². The molecular formula is C53H30N4OS. The normalized spacial score (nSPS) is 12.1. The van der Waals surface area contributed by atoms with Crippen molar-refractivity contribution in [3.63, 3.8) is 0 Å². The van der Waals surface area contributed by atoms with E-state index in [1.54, 1.807) is 11.3 Å². The smallest absolute Gasteiger partial charge is 0.167 e. The van der Waals surface area contributed by atoms with Crippen LogP contribution in [0.5, 0.6) is 0 Å². The molecule has 0 saturated heterocycles. The fourth-order valence-corrected chi connectivity index (χ4v) is 10.2. The second kappa shape index (κ2) is 12.4. The zero-order valence-corrected chi connectivity index (χ0v) is 32.2. The first-order valence-corrected chi connectivity index (χ1v) is 20.6. The quantitative estimate of drug-likeness (QED) is 0.179. The molecule has 4 heterocycles. The van der Waals surface area contributed by atoms with Crippen molar-refractivity contribution in [3.05, 3.63) is 182 Å². The van der Waals surface area contributed by atoms with E-state index >= 15 is 0 Å². The summed E-state index contributed by atoms with van der Waals surface area (Å²) in [4.78, 5) is 16.0. The molecule has 0 fully saturated rings. The fraction of sp³-hybridized carbons (Fsp3) is 0. The van der Waals surface area contributed by atoms with Gasteiger partial charge in [-0.15, -0.1) is 11.3 Å². The highest BCUT2D eigenvalue weighted by atomic mass is 32.1. The number of benzene rings is 9. The molecule has 59 heavy (non-hydrogen) atoms. The molecule has 9 aromatic carbocycles. The third-order valence-corrected chi connectivity index (χ3v) is 13.0. The molecule has 13 aromatic rings. The molecule has 5 nitrogen and oxygen atoms in total. The highest BCUT2D eigenvalue weighted by Crippen LogP contribution is 2.43. The van der Waals surface area contributed by atoms with E-state index < -0.39 is 0 Å². The van der Waals surface area contributed by atoms with Crippen molar-refractivity contribution >= 4 is 96.8 Å². The molecule has 0 aliphatic carbocycles. The molecule has 0 aliphatic rings. The summed E-state index contributed by atoms with van der Waals surface area (Å²) < 4.78 is 11.6. The lowest BCUT2D eigenvalue weighted by Gasteiger charge is -2.13. The number of hydrogen-bond acceptors (Lipinski definition) is 5. The minimum Gasteiger partial charge on any atom is -0.455 e. The number of fused-ring (bicyclic) bond motifs is 11. The Morgan fingerprint density at radius 1 is 0.407 bits per heavy atom. The molecule has 0 unspecified atom stereocenters. The number of para-hydroxylation sites is 2. The fourth-order valence-electron chi connectivity index (χ4n) is 9.04. The van der Waals surface area contributed by atoms with Crippen LogP contribution in [0.15, 0.2) is 186 Å². The molecule has 0 aliphatic heterocycles. The molecule has 13 rings (SSSR count). The first-order chi connectivity index (χ1) is 29.2. The largest absolute Gasteiger partial charge is 0.455 e. The zero-order valence-electron chi connectivity index (χ0n) is 31.4. The van der Waals surface area contributed by atoms with Gasteiger partial charge in [0.1, 0.15) is 11.2 Å². The predicted octanol–water partition coefficient (Wildman–Crippen LogP) is 14.5. The minimum atomic E-state index is 0.549. The third kappa shape index (κ3) is 4.94. The van der Waals surface area contributed by atoms with Gasteiger partial charge in [-0.25, -0.2) is 15.0 Å². The number of aromatic nitrogens is 4. The summed E-state index contributed by atoms with van der Waals surface area (Å²) in [7, 11) is 0. The molecule has 6 heteroatoms. The van der Waals surface area contributed by atoms with Gasteiger partial charge in [-0.05, 0) is 76.1 Å². The molecule has 0 radical (unpaired) electrons. The number of furan rings is 1. The van der Waals surface area contributed by atoms with Crippen LogP contribution in [-0.2, 0) is 0 Å². The van der Waals surface area contributed by atoms with Crippen molar-refractivity contribution in [1.29, 1.82) is 0 Å². The number of rotatable bonds is 4. The van der Waals surface area contributed by atoms with Crippen LogP contribution in [0.1, 0.15) is 0 Å². The molecule has 4 aromatic heterocycles. The minimum absolute atomic E-state index is 0.549. The Balaban J connectivity index is 1.13. The van der Waals surface area contributed by atoms with E-state index in [1.165, 1.54) is 37.0 Å². The second-order valence-electron chi connectivity index (χ2n) is 15.2. The van der Waals surface area contributed by atoms with E-state index in [0.717, 1.165) is 70.8 Å². The molecule has 0 bridgehead atoms. The molecule has 0 saturated carbocycles. The topological polar surface area (TPSA) is 56.7 Å². The number of thiophene rings is 1. The standard InChI is InChI=1S/C53H30N4OS/c1-2-13-32-26-35(25-24-31(32)12-1)51-54-52(41-20-11-19-40-39-18-7-10-23-48(39)59-50(40)41)56-53(55-51)44-30-36(29-43-38-17-6-9-22-47(38)58-49(43)44)57-45-21-8-5-16-37(45)42-27-33-14-3-4-15-34(33)28-46(42)57/h1-30H. The molecule has 274 valence electrons. The maximum atomic E-state index is 6.79. The Morgan fingerprint density at radius 3 is 1.93 bits per heavy atom. The molecule has 0 N–H and O–H groups in total. The van der Waals surface area contributed by atoms with E-state index in [1.807, 2.05) is 12.1 Å². The summed E-state index contributed by atoms with van der Waals surface area (Å²) >= 11 is 1.78. The average Bonchev–Trinajstić information content (AvgIpc) is 3.97. The van der Waals surface area contributed by atoms with E-state index in [4.69, 9.17) is 19.4 Å². The van der Waals surface area contributed by atoms with Gasteiger partial charge in [-0.1, -0.05) is 127 Å². The van der Waals surface area contributed by atoms with Crippen molar-refractivity contribution in [1.82, 2.24) is 19.5 Å². The van der Waals surface area contributed by atoms with Gasteiger partial charge in [0, 0.05) is 58.5 Å². The summed E-state index contributed by atoms with van der Waals surface area (Å²) in [6.45, 7) is 0. The second-order valence-corrected chi connectivity index (χ2v) is 16.2. The lowest BCUT2D eigenvalue weighted by Crippen LogP contribution is -2.02. The van der Waals surface area contributed by atoms with Crippen LogP contribution in [0.4, 0.5) is 0 Å². The Bertz CT molecular complexity index is 3870. The summed E-state index contributed by atoms with van der Waals surface area (Å²) in [5, 5.41) is 11.6. The maximum absolute atomic E-state index is 6.79. The summed E-state index contributed by atoms with van der Waals surface area (Å²) in [5.74, 6) is 1.77. The van der Waals surface area contributed by atoms with Crippen molar-refractivity contribution in [2.45, 2.75) is 0 Å². The SMILES string of the molecule is c1ccc2cc(-c3nc(-c4cc(-n5c6ccccc6c6cc7ccccc7cc65)cc5c4oc4ccccc45)nc(-c4cccc5c4sc4ccccc45)n3)ccc2c1. The molecule has 0 atom stereocenters. The van der Waals surface area contributed by atoms with Gasteiger partial charge in [-0.3, -0.25) is 0 Å². The summed E-state index contributed by atoms with van der Waals surface area (Å²) in [6.07, 6.45) is 0. The molecular weight excluding hydrogens is 741 g/mol. The Hall–Kier alpha value is -7.67. The van der Waals surface area contributed by atoms with E-state index in [0.29, 0.717) is 17.5 Å². The van der Waals surface area contributed by atoms with Crippen LogP contribution < -0.4 is 0 Å². The van der Waals surface area contributed by atoms with Crippen LogP contribution in [-0.4, -0.2) is 19.5 Å². The summed E-state index contributed by atoms with van der Waals surface area (Å²) in [5.41, 5.74) is 7.50. The van der Waals surface area contributed by atoms with Crippen LogP contribution in [0.2, 0.25) is 0 Å². The van der Waals surface area contributed by atoms with Gasteiger partial charge < -0.3 is 8.98 Å². The van der Waals surface area contributed by atoms with E-state index in [9.17, 15) is 0 Å².